The second kappa shape index (κ2) is 14.5. The summed E-state index contributed by atoms with van der Waals surface area (Å²) < 4.78 is 6.58. The average molecular weight is 685 g/mol. The second-order valence-electron chi connectivity index (χ2n) is 12.5. The van der Waals surface area contributed by atoms with Crippen LogP contribution < -0.4 is 0 Å². The lowest BCUT2D eigenvalue weighted by Gasteiger charge is -2.50. The zero-order valence-corrected chi connectivity index (χ0v) is 28.6. The first-order valence-electron chi connectivity index (χ1n) is 15.5. The number of nitrogens with zero attached hydrogens (tertiary/aromatic N) is 4. The van der Waals surface area contributed by atoms with E-state index in [4.69, 9.17) is 51.1 Å². The van der Waals surface area contributed by atoms with Gasteiger partial charge in [-0.15, -0.1) is 0 Å². The van der Waals surface area contributed by atoms with Crippen LogP contribution in [-0.2, 0) is 26.3 Å². The number of piperidine rings is 2. The molecule has 7 nitrogen and oxygen atoms in total. The number of rotatable bonds is 8. The molecule has 3 fully saturated rings. The lowest BCUT2D eigenvalue weighted by molar-refractivity contribution is -0.155. The van der Waals surface area contributed by atoms with Crippen LogP contribution in [0.5, 0.6) is 0 Å². The van der Waals surface area contributed by atoms with Gasteiger partial charge in [0.25, 0.3) is 0 Å². The van der Waals surface area contributed by atoms with Crippen LogP contribution in [-0.4, -0.2) is 103 Å². The van der Waals surface area contributed by atoms with Gasteiger partial charge in [0.1, 0.15) is 11.1 Å². The third kappa shape index (κ3) is 7.20. The van der Waals surface area contributed by atoms with Crippen LogP contribution in [0.2, 0.25) is 20.1 Å². The predicted molar refractivity (Wildman–Crippen MR) is 178 cm³/mol. The molecule has 2 amide bonds. The first-order valence-corrected chi connectivity index (χ1v) is 17.1. The second-order valence-corrected chi connectivity index (χ2v) is 14.2. The summed E-state index contributed by atoms with van der Waals surface area (Å²) in [6, 6.07) is 10.9. The fourth-order valence-corrected chi connectivity index (χ4v) is 7.93. The Bertz CT molecular complexity index is 1320. The van der Waals surface area contributed by atoms with Gasteiger partial charge >= 0.3 is 0 Å². The van der Waals surface area contributed by atoms with Crippen LogP contribution in [0.4, 0.5) is 0 Å². The SMILES string of the molecule is CN(C)C(=O)C1(N2CCCCC2)CCN(CCC2(c3ccc(Cl)c(Cl)c3)CN(C(=O)Cc3c(Cl)cccc3Cl)CCO2)CC1. The van der Waals surface area contributed by atoms with Crippen molar-refractivity contribution in [3.8, 4) is 0 Å². The highest BCUT2D eigenvalue weighted by Crippen LogP contribution is 2.39. The van der Waals surface area contributed by atoms with Gasteiger partial charge in [-0.25, -0.2) is 0 Å². The van der Waals surface area contributed by atoms with Crippen molar-refractivity contribution in [3.05, 3.63) is 67.6 Å². The third-order valence-electron chi connectivity index (χ3n) is 9.65. The Morgan fingerprint density at radius 3 is 2.18 bits per heavy atom. The van der Waals surface area contributed by atoms with E-state index < -0.39 is 11.1 Å². The number of carbonyl (C=O) groups excluding carboxylic acids is 2. The summed E-state index contributed by atoms with van der Waals surface area (Å²) >= 11 is 25.6. The number of ether oxygens (including phenoxy) is 1. The molecule has 5 rings (SSSR count). The largest absolute Gasteiger partial charge is 0.367 e. The van der Waals surface area contributed by atoms with Crippen molar-refractivity contribution in [2.24, 2.45) is 0 Å². The van der Waals surface area contributed by atoms with E-state index in [-0.39, 0.29) is 18.2 Å². The number of carbonyl (C=O) groups is 2. The normalized spacial score (nSPS) is 23.0. The number of hydrogen-bond donors (Lipinski definition) is 0. The summed E-state index contributed by atoms with van der Waals surface area (Å²) in [6.07, 6.45) is 5.89. The van der Waals surface area contributed by atoms with Gasteiger partial charge in [-0.1, -0.05) is 65.0 Å². The minimum atomic E-state index is -0.771. The molecular formula is C33H42Cl4N4O3. The number of amides is 2. The van der Waals surface area contributed by atoms with Crippen LogP contribution in [0.25, 0.3) is 0 Å². The van der Waals surface area contributed by atoms with Crippen LogP contribution in [0, 0.1) is 0 Å². The van der Waals surface area contributed by atoms with E-state index in [1.165, 1.54) is 6.42 Å². The van der Waals surface area contributed by atoms with Crippen molar-refractivity contribution in [1.82, 2.24) is 19.6 Å². The van der Waals surface area contributed by atoms with Gasteiger partial charge < -0.3 is 19.4 Å². The molecule has 0 aliphatic carbocycles. The summed E-state index contributed by atoms with van der Waals surface area (Å²) in [7, 11) is 3.74. The first-order chi connectivity index (χ1) is 21.0. The number of morpholine rings is 1. The van der Waals surface area contributed by atoms with Crippen LogP contribution >= 0.6 is 46.4 Å². The number of hydrogen-bond acceptors (Lipinski definition) is 5. The van der Waals surface area contributed by atoms with E-state index in [1.54, 1.807) is 29.2 Å². The smallest absolute Gasteiger partial charge is 0.242 e. The minimum absolute atomic E-state index is 0.0563. The molecule has 0 aromatic heterocycles. The Balaban J connectivity index is 1.33. The number of benzene rings is 2. The Morgan fingerprint density at radius 2 is 1.55 bits per heavy atom. The van der Waals surface area contributed by atoms with Crippen molar-refractivity contribution in [1.29, 1.82) is 0 Å². The molecule has 1 atom stereocenters. The molecule has 240 valence electrons. The molecule has 44 heavy (non-hydrogen) atoms. The Hall–Kier alpha value is -1.58. The summed E-state index contributed by atoms with van der Waals surface area (Å²) in [4.78, 5) is 35.7. The van der Waals surface area contributed by atoms with Crippen molar-refractivity contribution in [2.45, 2.75) is 56.1 Å². The molecule has 0 radical (unpaired) electrons. The Morgan fingerprint density at radius 1 is 0.864 bits per heavy atom. The number of likely N-dealkylation sites (tertiary alicyclic amines) is 2. The van der Waals surface area contributed by atoms with Crippen LogP contribution in [0.15, 0.2) is 36.4 Å². The van der Waals surface area contributed by atoms with Gasteiger partial charge in [-0.05, 0) is 80.6 Å². The lowest BCUT2D eigenvalue weighted by Crippen LogP contribution is -2.64. The summed E-state index contributed by atoms with van der Waals surface area (Å²) in [5, 5.41) is 1.88. The quantitative estimate of drug-likeness (QED) is 0.323. The van der Waals surface area contributed by atoms with E-state index >= 15 is 0 Å². The van der Waals surface area contributed by atoms with Crippen LogP contribution in [0.1, 0.15) is 49.7 Å². The maximum absolute atomic E-state index is 13.6. The van der Waals surface area contributed by atoms with Crippen molar-refractivity contribution in [2.75, 3.05) is 66.5 Å². The van der Waals surface area contributed by atoms with E-state index in [2.05, 4.69) is 9.80 Å². The number of likely N-dealkylation sites (N-methyl/N-ethyl adjacent to an activating group) is 1. The standard InChI is InChI=1S/C33H42Cl4N4O3/c1-38(2)31(43)32(41-14-4-3-5-15-41)11-16-39(17-12-32)18-13-33(24-9-10-28(36)29(37)21-24)23-40(19-20-44-33)30(42)22-25-26(34)7-6-8-27(25)35/h6-10,21H,3-5,11-20,22-23H2,1-2H3. The molecule has 3 saturated heterocycles. The molecule has 2 aromatic rings. The fourth-order valence-electron chi connectivity index (χ4n) is 7.10. The zero-order valence-electron chi connectivity index (χ0n) is 25.6. The first kappa shape index (κ1) is 33.8. The molecular weight excluding hydrogens is 642 g/mol. The molecule has 1 unspecified atom stereocenters. The highest BCUT2D eigenvalue weighted by molar-refractivity contribution is 6.42. The maximum atomic E-state index is 13.6. The van der Waals surface area contributed by atoms with Gasteiger partial charge in [0.2, 0.25) is 11.8 Å². The monoisotopic (exact) mass is 682 g/mol. The maximum Gasteiger partial charge on any atom is 0.242 e. The zero-order chi connectivity index (χ0) is 31.5. The minimum Gasteiger partial charge on any atom is -0.367 e. The van der Waals surface area contributed by atoms with E-state index in [9.17, 15) is 9.59 Å². The molecule has 3 heterocycles. The predicted octanol–water partition coefficient (Wildman–Crippen LogP) is 6.40. The molecule has 3 aliphatic heterocycles. The third-order valence-corrected chi connectivity index (χ3v) is 11.1. The summed E-state index contributed by atoms with van der Waals surface area (Å²) in [6.45, 7) is 5.59. The summed E-state index contributed by atoms with van der Waals surface area (Å²) in [5.74, 6) is 0.161. The lowest BCUT2D eigenvalue weighted by atomic mass is 9.82. The van der Waals surface area contributed by atoms with Gasteiger partial charge in [-0.3, -0.25) is 14.5 Å². The van der Waals surface area contributed by atoms with E-state index in [0.29, 0.717) is 51.8 Å². The van der Waals surface area contributed by atoms with Gasteiger partial charge in [0.15, 0.2) is 0 Å². The highest BCUT2D eigenvalue weighted by atomic mass is 35.5. The fraction of sp³-hybridized carbons (Fsp3) is 0.576. The number of halogens is 4. The molecule has 11 heteroatoms. The molecule has 0 saturated carbocycles. The molecule has 0 spiro atoms. The molecule has 0 bridgehead atoms. The van der Waals surface area contributed by atoms with Gasteiger partial charge in [0, 0.05) is 50.3 Å². The van der Waals surface area contributed by atoms with Crippen molar-refractivity contribution >= 4 is 58.2 Å². The highest BCUT2D eigenvalue weighted by Gasteiger charge is 2.48. The van der Waals surface area contributed by atoms with Crippen LogP contribution in [0.3, 0.4) is 0 Å². The van der Waals surface area contributed by atoms with Gasteiger partial charge in [-0.2, -0.15) is 0 Å². The van der Waals surface area contributed by atoms with Crippen molar-refractivity contribution < 1.29 is 14.3 Å². The molecule has 0 N–H and O–H groups in total. The molecule has 2 aromatic carbocycles. The van der Waals surface area contributed by atoms with Crippen molar-refractivity contribution in [3.63, 3.8) is 0 Å². The van der Waals surface area contributed by atoms with Gasteiger partial charge in [0.05, 0.1) is 29.6 Å². The topological polar surface area (TPSA) is 56.3 Å². The average Bonchev–Trinajstić information content (AvgIpc) is 3.03. The summed E-state index contributed by atoms with van der Waals surface area (Å²) in [5.41, 5.74) is 0.312. The Kier molecular flexibility index (Phi) is 11.1. The van der Waals surface area contributed by atoms with E-state index in [1.807, 2.05) is 31.1 Å². The molecule has 3 aliphatic rings. The van der Waals surface area contributed by atoms with E-state index in [0.717, 1.165) is 64.0 Å². The Labute approximate surface area is 281 Å².